The van der Waals surface area contributed by atoms with E-state index >= 15 is 4.39 Å². The van der Waals surface area contributed by atoms with E-state index in [0.29, 0.717) is 77.6 Å². The molecule has 222 valence electrons. The summed E-state index contributed by atoms with van der Waals surface area (Å²) in [4.78, 5) is 31.4. The molecule has 0 atom stereocenters. The van der Waals surface area contributed by atoms with Crippen molar-refractivity contribution in [3.05, 3.63) is 53.6 Å². The first-order valence-electron chi connectivity index (χ1n) is 14.2. The van der Waals surface area contributed by atoms with Crippen molar-refractivity contribution in [1.29, 1.82) is 0 Å². The highest BCUT2D eigenvalue weighted by Crippen LogP contribution is 2.31. The van der Waals surface area contributed by atoms with Crippen LogP contribution in [0.4, 0.5) is 8.78 Å². The van der Waals surface area contributed by atoms with Crippen LogP contribution in [0.1, 0.15) is 49.9 Å². The number of alkyl halides is 1. The Kier molecular flexibility index (Phi) is 11.8. The second-order valence-electron chi connectivity index (χ2n) is 10.00. The summed E-state index contributed by atoms with van der Waals surface area (Å²) in [6.07, 6.45) is 5.56. The van der Waals surface area contributed by atoms with Gasteiger partial charge in [-0.25, -0.2) is 8.78 Å². The van der Waals surface area contributed by atoms with Crippen LogP contribution >= 0.6 is 0 Å². The van der Waals surface area contributed by atoms with Crippen LogP contribution in [-0.4, -0.2) is 97.3 Å². The molecule has 11 heteroatoms. The first kappa shape index (κ1) is 31.3. The molecule has 0 saturated carbocycles. The molecule has 0 radical (unpaired) electrons. The predicted octanol–water partition coefficient (Wildman–Crippen LogP) is 2.81. The van der Waals surface area contributed by atoms with E-state index in [1.807, 2.05) is 13.8 Å². The molecule has 3 aliphatic heterocycles. The molecular weight excluding hydrogens is 520 g/mol. The van der Waals surface area contributed by atoms with Crippen molar-refractivity contribution >= 4 is 11.8 Å². The van der Waals surface area contributed by atoms with E-state index in [2.05, 4.69) is 4.90 Å². The van der Waals surface area contributed by atoms with E-state index in [4.69, 9.17) is 20.9 Å². The molecule has 3 fully saturated rings. The van der Waals surface area contributed by atoms with Crippen molar-refractivity contribution in [2.75, 3.05) is 59.0 Å². The molecule has 3 saturated heterocycles. The zero-order valence-electron chi connectivity index (χ0n) is 23.6. The summed E-state index contributed by atoms with van der Waals surface area (Å²) in [5, 5.41) is 0. The van der Waals surface area contributed by atoms with Crippen LogP contribution in [0, 0.1) is 5.82 Å². The Balaban J connectivity index is 0.00000216. The summed E-state index contributed by atoms with van der Waals surface area (Å²) in [6.45, 7) is 7.91. The molecule has 4 rings (SSSR count). The molecule has 1 aromatic rings. The molecule has 0 aromatic heterocycles. The minimum atomic E-state index is -1.89. The van der Waals surface area contributed by atoms with Gasteiger partial charge in [0.05, 0.1) is 18.8 Å². The second kappa shape index (κ2) is 15.0. The molecule has 40 heavy (non-hydrogen) atoms. The smallest absolute Gasteiger partial charge is 0.260 e. The average molecular weight is 564 g/mol. The third-order valence-corrected chi connectivity index (χ3v) is 7.46. The maximum absolute atomic E-state index is 15.7. The molecule has 9 nitrogen and oxygen atoms in total. The lowest BCUT2D eigenvalue weighted by Crippen LogP contribution is -2.54. The van der Waals surface area contributed by atoms with Gasteiger partial charge in [0.15, 0.2) is 5.67 Å². The van der Waals surface area contributed by atoms with E-state index in [-0.39, 0.29) is 30.4 Å². The minimum absolute atomic E-state index is 0.120. The number of halogens is 2. The van der Waals surface area contributed by atoms with Crippen molar-refractivity contribution in [3.8, 4) is 5.75 Å². The van der Waals surface area contributed by atoms with Crippen LogP contribution < -0.4 is 16.2 Å². The van der Waals surface area contributed by atoms with Gasteiger partial charge in [0.2, 0.25) is 0 Å². The number of nitrogens with two attached hydrogens (primary N) is 2. The fourth-order valence-corrected chi connectivity index (χ4v) is 5.17. The van der Waals surface area contributed by atoms with Gasteiger partial charge in [-0.1, -0.05) is 13.8 Å². The number of carbonyl (C=O) groups excluding carboxylic acids is 2. The van der Waals surface area contributed by atoms with Crippen molar-refractivity contribution in [3.63, 3.8) is 0 Å². The number of hydrogen-bond acceptors (Lipinski definition) is 7. The van der Waals surface area contributed by atoms with E-state index in [9.17, 15) is 14.0 Å². The molecule has 2 amide bonds. The van der Waals surface area contributed by atoms with Crippen LogP contribution in [0.5, 0.6) is 5.75 Å². The third kappa shape index (κ3) is 7.94. The van der Waals surface area contributed by atoms with Crippen LogP contribution in [0.15, 0.2) is 42.2 Å². The van der Waals surface area contributed by atoms with Crippen molar-refractivity contribution in [2.45, 2.75) is 51.3 Å². The molecule has 0 bridgehead atoms. The van der Waals surface area contributed by atoms with Gasteiger partial charge in [-0.15, -0.1) is 0 Å². The largest absolute Gasteiger partial charge is 0.489 e. The standard InChI is InChI=1S/C27H37F2N5O4.C2H6/c28-21-1-2-24(23(17-21)25(35)33-13-15-37-16-14-33)38-22-4-9-34(10-5-22)26(36)27(29)6-11-32(12-7-27)19-20(18-31)3-8-30;1-2/h1-3,8,17-18,22H,4-7,9-16,19,30-31H2;1-2H3/b8-3-,20-18+;. The van der Waals surface area contributed by atoms with E-state index in [0.717, 1.165) is 5.57 Å². The number of hydrogen-bond donors (Lipinski definition) is 2. The van der Waals surface area contributed by atoms with E-state index < -0.39 is 17.4 Å². The predicted molar refractivity (Wildman–Crippen MR) is 150 cm³/mol. The minimum Gasteiger partial charge on any atom is -0.489 e. The monoisotopic (exact) mass is 563 g/mol. The van der Waals surface area contributed by atoms with Gasteiger partial charge in [0.1, 0.15) is 17.7 Å². The lowest BCUT2D eigenvalue weighted by Gasteiger charge is -2.40. The topological polar surface area (TPSA) is 114 Å². The van der Waals surface area contributed by atoms with Crippen LogP contribution in [0.3, 0.4) is 0 Å². The zero-order valence-corrected chi connectivity index (χ0v) is 23.6. The quantitative estimate of drug-likeness (QED) is 0.491. The van der Waals surface area contributed by atoms with Gasteiger partial charge in [-0.2, -0.15) is 0 Å². The number of likely N-dealkylation sites (tertiary alicyclic amines) is 2. The lowest BCUT2D eigenvalue weighted by atomic mass is 9.90. The van der Waals surface area contributed by atoms with Crippen molar-refractivity contribution in [2.24, 2.45) is 11.5 Å². The third-order valence-electron chi connectivity index (χ3n) is 7.46. The maximum atomic E-state index is 15.7. The number of nitrogens with zero attached hydrogens (tertiary/aromatic N) is 3. The highest BCUT2D eigenvalue weighted by Gasteiger charge is 2.45. The number of amides is 2. The van der Waals surface area contributed by atoms with Gasteiger partial charge in [0, 0.05) is 71.5 Å². The summed E-state index contributed by atoms with van der Waals surface area (Å²) in [6, 6.07) is 3.94. The molecule has 0 unspecified atom stereocenters. The number of carbonyl (C=O) groups is 2. The Hall–Kier alpha value is -3.18. The Morgan fingerprint density at radius 3 is 2.30 bits per heavy atom. The highest BCUT2D eigenvalue weighted by molar-refractivity contribution is 5.97. The lowest BCUT2D eigenvalue weighted by molar-refractivity contribution is -0.149. The zero-order chi connectivity index (χ0) is 29.1. The Labute approximate surface area is 235 Å². The fourth-order valence-electron chi connectivity index (χ4n) is 5.17. The Morgan fingerprint density at radius 1 is 1.05 bits per heavy atom. The summed E-state index contributed by atoms with van der Waals surface area (Å²) in [7, 11) is 0. The molecule has 3 aliphatic rings. The van der Waals surface area contributed by atoms with Crippen molar-refractivity contribution < 1.29 is 27.8 Å². The van der Waals surface area contributed by atoms with E-state index in [1.165, 1.54) is 30.6 Å². The number of benzene rings is 1. The van der Waals surface area contributed by atoms with Gasteiger partial charge in [-0.3, -0.25) is 14.5 Å². The summed E-state index contributed by atoms with van der Waals surface area (Å²) < 4.78 is 41.1. The highest BCUT2D eigenvalue weighted by atomic mass is 19.1. The molecular formula is C29H43F2N5O4. The van der Waals surface area contributed by atoms with E-state index in [1.54, 1.807) is 15.9 Å². The van der Waals surface area contributed by atoms with Crippen LogP contribution in [0.2, 0.25) is 0 Å². The SMILES string of the molecule is CC.N/C=C\C(=C/N)CN1CCC(F)(C(=O)N2CCC(Oc3ccc(F)cc3C(=O)N3CCOCC3)CC2)CC1. The number of rotatable bonds is 7. The molecule has 4 N–H and O–H groups in total. The van der Waals surface area contributed by atoms with Crippen molar-refractivity contribution in [1.82, 2.24) is 14.7 Å². The number of morpholine rings is 1. The first-order chi connectivity index (χ1) is 19.3. The summed E-state index contributed by atoms with van der Waals surface area (Å²) in [5.41, 5.74) is 10.2. The Bertz CT molecular complexity index is 1040. The van der Waals surface area contributed by atoms with Gasteiger partial charge >= 0.3 is 0 Å². The molecule has 0 aliphatic carbocycles. The fraction of sp³-hybridized carbons (Fsp3) is 0.586. The first-order valence-corrected chi connectivity index (χ1v) is 14.2. The summed E-state index contributed by atoms with van der Waals surface area (Å²) >= 11 is 0. The normalized spacial score (nSPS) is 20.6. The molecule has 1 aromatic carbocycles. The molecule has 3 heterocycles. The number of piperidine rings is 2. The van der Waals surface area contributed by atoms with Gasteiger partial charge in [-0.05, 0) is 42.2 Å². The number of ether oxygens (including phenoxy) is 2. The summed E-state index contributed by atoms with van der Waals surface area (Å²) in [5.74, 6) is -0.969. The maximum Gasteiger partial charge on any atom is 0.260 e. The average Bonchev–Trinajstić information content (AvgIpc) is 3.00. The van der Waals surface area contributed by atoms with Gasteiger partial charge in [0.25, 0.3) is 11.8 Å². The van der Waals surface area contributed by atoms with Gasteiger partial charge < -0.3 is 30.7 Å². The van der Waals surface area contributed by atoms with Crippen LogP contribution in [-0.2, 0) is 9.53 Å². The van der Waals surface area contributed by atoms with Crippen LogP contribution in [0.25, 0.3) is 0 Å². The Morgan fingerprint density at radius 2 is 1.70 bits per heavy atom. The second-order valence-corrected chi connectivity index (χ2v) is 10.00. The molecule has 0 spiro atoms.